The van der Waals surface area contributed by atoms with Gasteiger partial charge in [0.1, 0.15) is 0 Å². The first-order valence-electron chi connectivity index (χ1n) is 7.43. The summed E-state index contributed by atoms with van der Waals surface area (Å²) in [6, 6.07) is 0.412. The van der Waals surface area contributed by atoms with Crippen LogP contribution in [-0.2, 0) is 4.79 Å². The van der Waals surface area contributed by atoms with Gasteiger partial charge in [0.25, 0.3) is 0 Å². The van der Waals surface area contributed by atoms with Crippen molar-refractivity contribution >= 4 is 5.91 Å². The highest BCUT2D eigenvalue weighted by molar-refractivity contribution is 5.84. The second-order valence-corrected chi connectivity index (χ2v) is 6.29. The van der Waals surface area contributed by atoms with Crippen LogP contribution in [-0.4, -0.2) is 50.1 Å². The highest BCUT2D eigenvalue weighted by atomic mass is 16.2. The number of likely N-dealkylation sites (N-methyl/N-ethyl adjacent to an activating group) is 1. The standard InChI is InChI=1S/C14H25N3O/c1-17(12-5-7-15-9-12)13(18)14-6-3-2-4-11(14)8-16-10-14/h11-12,15-16H,2-10H2,1H3/t11-,12?,14+/m0/s1. The molecule has 4 heteroatoms. The molecule has 18 heavy (non-hydrogen) atoms. The topological polar surface area (TPSA) is 44.4 Å². The first-order valence-corrected chi connectivity index (χ1v) is 7.43. The monoisotopic (exact) mass is 251 g/mol. The summed E-state index contributed by atoms with van der Waals surface area (Å²) in [5.74, 6) is 0.987. The molecule has 3 fully saturated rings. The largest absolute Gasteiger partial charge is 0.341 e. The Morgan fingerprint density at radius 1 is 1.22 bits per heavy atom. The third-order valence-electron chi connectivity index (χ3n) is 5.37. The summed E-state index contributed by atoms with van der Waals surface area (Å²) < 4.78 is 0. The van der Waals surface area contributed by atoms with Crippen molar-refractivity contribution in [1.29, 1.82) is 0 Å². The van der Waals surface area contributed by atoms with Crippen LogP contribution >= 0.6 is 0 Å². The third-order valence-corrected chi connectivity index (χ3v) is 5.37. The molecule has 0 aromatic carbocycles. The fraction of sp³-hybridized carbons (Fsp3) is 0.929. The van der Waals surface area contributed by atoms with Gasteiger partial charge in [0, 0.05) is 26.2 Å². The van der Waals surface area contributed by atoms with Crippen LogP contribution in [0.2, 0.25) is 0 Å². The Morgan fingerprint density at radius 2 is 2.11 bits per heavy atom. The van der Waals surface area contributed by atoms with Crippen molar-refractivity contribution in [2.45, 2.75) is 38.1 Å². The van der Waals surface area contributed by atoms with E-state index in [1.165, 1.54) is 19.3 Å². The van der Waals surface area contributed by atoms with E-state index >= 15 is 0 Å². The number of carbonyl (C=O) groups is 1. The number of nitrogens with zero attached hydrogens (tertiary/aromatic N) is 1. The lowest BCUT2D eigenvalue weighted by atomic mass is 9.67. The number of hydrogen-bond acceptors (Lipinski definition) is 3. The van der Waals surface area contributed by atoms with E-state index in [4.69, 9.17) is 0 Å². The molecule has 2 saturated heterocycles. The van der Waals surface area contributed by atoms with Gasteiger partial charge in [-0.15, -0.1) is 0 Å². The van der Waals surface area contributed by atoms with Crippen molar-refractivity contribution in [2.75, 3.05) is 33.2 Å². The molecule has 3 atom stereocenters. The molecule has 2 heterocycles. The van der Waals surface area contributed by atoms with Gasteiger partial charge in [-0.25, -0.2) is 0 Å². The number of hydrogen-bond donors (Lipinski definition) is 2. The summed E-state index contributed by atoms with van der Waals surface area (Å²) in [6.07, 6.45) is 5.96. The maximum Gasteiger partial charge on any atom is 0.230 e. The Bertz CT molecular complexity index is 327. The molecule has 1 saturated carbocycles. The van der Waals surface area contributed by atoms with Gasteiger partial charge >= 0.3 is 0 Å². The minimum Gasteiger partial charge on any atom is -0.341 e. The maximum atomic E-state index is 12.9. The van der Waals surface area contributed by atoms with Gasteiger partial charge in [-0.05, 0) is 38.3 Å². The third kappa shape index (κ3) is 1.86. The highest BCUT2D eigenvalue weighted by Gasteiger charge is 2.51. The Hall–Kier alpha value is -0.610. The zero-order chi connectivity index (χ0) is 12.6. The quantitative estimate of drug-likeness (QED) is 0.755. The van der Waals surface area contributed by atoms with Gasteiger partial charge in [0.05, 0.1) is 5.41 Å². The molecule has 0 radical (unpaired) electrons. The normalized spacial score (nSPS) is 39.6. The molecule has 1 aliphatic carbocycles. The summed E-state index contributed by atoms with van der Waals surface area (Å²) in [7, 11) is 2.01. The first-order chi connectivity index (χ1) is 8.74. The predicted molar refractivity (Wildman–Crippen MR) is 71.3 cm³/mol. The van der Waals surface area contributed by atoms with E-state index in [0.717, 1.165) is 39.0 Å². The first kappa shape index (κ1) is 12.4. The fourth-order valence-corrected chi connectivity index (χ4v) is 4.16. The Kier molecular flexibility index (Phi) is 3.32. The van der Waals surface area contributed by atoms with E-state index in [1.807, 2.05) is 11.9 Å². The number of rotatable bonds is 2. The summed E-state index contributed by atoms with van der Waals surface area (Å²) in [5, 5.41) is 6.83. The second kappa shape index (κ2) is 4.82. The van der Waals surface area contributed by atoms with Crippen LogP contribution < -0.4 is 10.6 Å². The molecule has 0 aromatic heterocycles. The lowest BCUT2D eigenvalue weighted by Gasteiger charge is -2.41. The average Bonchev–Trinajstić information content (AvgIpc) is 3.06. The van der Waals surface area contributed by atoms with Crippen LogP contribution in [0.4, 0.5) is 0 Å². The van der Waals surface area contributed by atoms with Gasteiger partial charge in [0.15, 0.2) is 0 Å². The van der Waals surface area contributed by atoms with Crippen LogP contribution in [0.3, 0.4) is 0 Å². The van der Waals surface area contributed by atoms with Gasteiger partial charge < -0.3 is 15.5 Å². The molecule has 1 amide bonds. The van der Waals surface area contributed by atoms with E-state index in [0.29, 0.717) is 17.9 Å². The van der Waals surface area contributed by atoms with Crippen molar-refractivity contribution in [1.82, 2.24) is 15.5 Å². The van der Waals surface area contributed by atoms with Crippen LogP contribution in [0.25, 0.3) is 0 Å². The Morgan fingerprint density at radius 3 is 2.89 bits per heavy atom. The lowest BCUT2D eigenvalue weighted by molar-refractivity contribution is -0.145. The number of carbonyl (C=O) groups excluding carboxylic acids is 1. The number of nitrogens with one attached hydrogen (secondary N) is 2. The molecule has 2 aliphatic heterocycles. The van der Waals surface area contributed by atoms with Crippen molar-refractivity contribution in [2.24, 2.45) is 11.3 Å². The minimum atomic E-state index is -0.0738. The van der Waals surface area contributed by atoms with Crippen LogP contribution in [0, 0.1) is 11.3 Å². The highest BCUT2D eigenvalue weighted by Crippen LogP contribution is 2.45. The van der Waals surface area contributed by atoms with Crippen molar-refractivity contribution in [3.63, 3.8) is 0 Å². The summed E-state index contributed by atoms with van der Waals surface area (Å²) in [4.78, 5) is 15.0. The van der Waals surface area contributed by atoms with Gasteiger partial charge in [-0.3, -0.25) is 4.79 Å². The zero-order valence-corrected chi connectivity index (χ0v) is 11.4. The van der Waals surface area contributed by atoms with Crippen molar-refractivity contribution in [3.05, 3.63) is 0 Å². The summed E-state index contributed by atoms with van der Waals surface area (Å²) in [5.41, 5.74) is -0.0738. The lowest BCUT2D eigenvalue weighted by Crippen LogP contribution is -2.51. The molecule has 0 bridgehead atoms. The molecular formula is C14H25N3O. The smallest absolute Gasteiger partial charge is 0.230 e. The maximum absolute atomic E-state index is 12.9. The molecule has 102 valence electrons. The van der Waals surface area contributed by atoms with E-state index < -0.39 is 0 Å². The van der Waals surface area contributed by atoms with E-state index in [-0.39, 0.29) is 5.41 Å². The second-order valence-electron chi connectivity index (χ2n) is 6.29. The Labute approximate surface area is 109 Å². The molecule has 3 rings (SSSR count). The van der Waals surface area contributed by atoms with Crippen LogP contribution in [0.15, 0.2) is 0 Å². The van der Waals surface area contributed by atoms with E-state index in [1.54, 1.807) is 0 Å². The SMILES string of the molecule is CN(C(=O)[C@@]12CCCC[C@H]1CNC2)C1CCNC1. The van der Waals surface area contributed by atoms with E-state index in [9.17, 15) is 4.79 Å². The molecule has 2 N–H and O–H groups in total. The van der Waals surface area contributed by atoms with Gasteiger partial charge in [0.2, 0.25) is 5.91 Å². The molecule has 0 spiro atoms. The Balaban J connectivity index is 1.77. The van der Waals surface area contributed by atoms with Crippen molar-refractivity contribution in [3.8, 4) is 0 Å². The van der Waals surface area contributed by atoms with Gasteiger partial charge in [-0.2, -0.15) is 0 Å². The van der Waals surface area contributed by atoms with Crippen LogP contribution in [0.1, 0.15) is 32.1 Å². The van der Waals surface area contributed by atoms with E-state index in [2.05, 4.69) is 10.6 Å². The van der Waals surface area contributed by atoms with Crippen LogP contribution in [0.5, 0.6) is 0 Å². The minimum absolute atomic E-state index is 0.0738. The van der Waals surface area contributed by atoms with Crippen molar-refractivity contribution < 1.29 is 4.79 Å². The fourth-order valence-electron chi connectivity index (χ4n) is 4.16. The van der Waals surface area contributed by atoms with Gasteiger partial charge in [-0.1, -0.05) is 12.8 Å². The predicted octanol–water partition coefficient (Wildman–Crippen LogP) is 0.587. The molecule has 4 nitrogen and oxygen atoms in total. The molecular weight excluding hydrogens is 226 g/mol. The summed E-state index contributed by atoms with van der Waals surface area (Å²) in [6.45, 7) is 3.97. The molecule has 3 aliphatic rings. The number of amides is 1. The summed E-state index contributed by atoms with van der Waals surface area (Å²) >= 11 is 0. The average molecular weight is 251 g/mol. The molecule has 0 aromatic rings. The zero-order valence-electron chi connectivity index (χ0n) is 11.4. The number of fused-ring (bicyclic) bond motifs is 1. The molecule has 1 unspecified atom stereocenters.